The van der Waals surface area contributed by atoms with Crippen molar-refractivity contribution in [1.29, 1.82) is 0 Å². The van der Waals surface area contributed by atoms with Gasteiger partial charge in [-0.1, -0.05) is 6.07 Å². The molecule has 0 saturated carbocycles. The number of ether oxygens (including phenoxy) is 3. The Labute approximate surface area is 108 Å². The van der Waals surface area contributed by atoms with Gasteiger partial charge in [-0.05, 0) is 13.1 Å². The van der Waals surface area contributed by atoms with Crippen LogP contribution < -0.4 is 14.8 Å². The summed E-state index contributed by atoms with van der Waals surface area (Å²) in [6, 6.07) is 5.97. The molecule has 4 heteroatoms. The van der Waals surface area contributed by atoms with E-state index in [1.54, 1.807) is 7.11 Å². The SMILES string of the molecule is CNCc1ccc(OC)cc1OC1CCOCC1. The predicted octanol–water partition coefficient (Wildman–Crippen LogP) is 1.97. The molecule has 1 aliphatic heterocycles. The van der Waals surface area contributed by atoms with Gasteiger partial charge >= 0.3 is 0 Å². The van der Waals surface area contributed by atoms with E-state index in [1.165, 1.54) is 0 Å². The topological polar surface area (TPSA) is 39.7 Å². The number of rotatable bonds is 5. The van der Waals surface area contributed by atoms with Gasteiger partial charge in [-0.25, -0.2) is 0 Å². The van der Waals surface area contributed by atoms with E-state index in [1.807, 2.05) is 25.2 Å². The van der Waals surface area contributed by atoms with Crippen LogP contribution in [0, 0.1) is 0 Å². The second-order valence-electron chi connectivity index (χ2n) is 4.43. The van der Waals surface area contributed by atoms with Gasteiger partial charge in [-0.2, -0.15) is 0 Å². The van der Waals surface area contributed by atoms with Crippen LogP contribution >= 0.6 is 0 Å². The summed E-state index contributed by atoms with van der Waals surface area (Å²) in [6.45, 7) is 2.37. The third kappa shape index (κ3) is 3.37. The lowest BCUT2D eigenvalue weighted by Gasteiger charge is -2.24. The molecule has 1 fully saturated rings. The standard InChI is InChI=1S/C14H21NO3/c1-15-10-11-3-4-13(16-2)9-14(11)18-12-5-7-17-8-6-12/h3-4,9,12,15H,5-8,10H2,1-2H3. The molecular weight excluding hydrogens is 230 g/mol. The zero-order chi connectivity index (χ0) is 12.8. The molecule has 0 spiro atoms. The average Bonchev–Trinajstić information content (AvgIpc) is 2.42. The lowest BCUT2D eigenvalue weighted by Crippen LogP contribution is -2.26. The summed E-state index contributed by atoms with van der Waals surface area (Å²) in [5, 5.41) is 3.15. The third-order valence-electron chi connectivity index (χ3n) is 3.10. The summed E-state index contributed by atoms with van der Waals surface area (Å²) in [6.07, 6.45) is 2.16. The summed E-state index contributed by atoms with van der Waals surface area (Å²) in [5.41, 5.74) is 1.16. The molecule has 1 N–H and O–H groups in total. The van der Waals surface area contributed by atoms with Crippen LogP contribution in [0.2, 0.25) is 0 Å². The van der Waals surface area contributed by atoms with Crippen LogP contribution in [-0.4, -0.2) is 33.5 Å². The van der Waals surface area contributed by atoms with Crippen molar-refractivity contribution in [2.24, 2.45) is 0 Å². The molecule has 0 aliphatic carbocycles. The van der Waals surface area contributed by atoms with Crippen molar-refractivity contribution in [1.82, 2.24) is 5.32 Å². The molecule has 0 bridgehead atoms. The smallest absolute Gasteiger partial charge is 0.127 e. The van der Waals surface area contributed by atoms with Gasteiger partial charge in [-0.3, -0.25) is 0 Å². The fraction of sp³-hybridized carbons (Fsp3) is 0.571. The Morgan fingerprint density at radius 2 is 2.11 bits per heavy atom. The quantitative estimate of drug-likeness (QED) is 0.868. The first-order valence-electron chi connectivity index (χ1n) is 6.39. The first kappa shape index (κ1) is 13.2. The maximum atomic E-state index is 6.08. The van der Waals surface area contributed by atoms with Gasteiger partial charge in [0.15, 0.2) is 0 Å². The summed E-state index contributed by atoms with van der Waals surface area (Å²) < 4.78 is 16.7. The van der Waals surface area contributed by atoms with Crippen LogP contribution in [0.25, 0.3) is 0 Å². The number of methoxy groups -OCH3 is 1. The molecular formula is C14H21NO3. The maximum absolute atomic E-state index is 6.08. The molecule has 0 aromatic heterocycles. The number of nitrogens with one attached hydrogen (secondary N) is 1. The second-order valence-corrected chi connectivity index (χ2v) is 4.43. The normalized spacial score (nSPS) is 16.6. The van der Waals surface area contributed by atoms with Gasteiger partial charge < -0.3 is 19.5 Å². The van der Waals surface area contributed by atoms with E-state index in [4.69, 9.17) is 14.2 Å². The summed E-state index contributed by atoms with van der Waals surface area (Å²) >= 11 is 0. The molecule has 0 amide bonds. The predicted molar refractivity (Wildman–Crippen MR) is 70.2 cm³/mol. The van der Waals surface area contributed by atoms with Crippen molar-refractivity contribution in [2.75, 3.05) is 27.4 Å². The van der Waals surface area contributed by atoms with Crippen molar-refractivity contribution >= 4 is 0 Å². The van der Waals surface area contributed by atoms with Gasteiger partial charge in [0, 0.05) is 31.0 Å². The van der Waals surface area contributed by atoms with Crippen LogP contribution in [0.15, 0.2) is 18.2 Å². The molecule has 1 aromatic rings. The zero-order valence-electron chi connectivity index (χ0n) is 11.1. The van der Waals surface area contributed by atoms with Gasteiger partial charge in [0.05, 0.1) is 20.3 Å². The van der Waals surface area contributed by atoms with E-state index in [9.17, 15) is 0 Å². The van der Waals surface area contributed by atoms with E-state index in [0.29, 0.717) is 0 Å². The zero-order valence-corrected chi connectivity index (χ0v) is 11.1. The largest absolute Gasteiger partial charge is 0.497 e. The molecule has 1 aliphatic rings. The van der Waals surface area contributed by atoms with Crippen LogP contribution in [0.3, 0.4) is 0 Å². The van der Waals surface area contributed by atoms with Crippen LogP contribution in [0.4, 0.5) is 0 Å². The molecule has 4 nitrogen and oxygen atoms in total. The number of benzene rings is 1. The Kier molecular flexibility index (Phi) is 4.84. The lowest BCUT2D eigenvalue weighted by atomic mass is 10.1. The van der Waals surface area contributed by atoms with E-state index in [2.05, 4.69) is 5.32 Å². The highest BCUT2D eigenvalue weighted by atomic mass is 16.5. The van der Waals surface area contributed by atoms with Crippen molar-refractivity contribution in [3.05, 3.63) is 23.8 Å². The minimum atomic E-state index is 0.251. The van der Waals surface area contributed by atoms with E-state index >= 15 is 0 Å². The Hall–Kier alpha value is -1.26. The molecule has 100 valence electrons. The van der Waals surface area contributed by atoms with Crippen molar-refractivity contribution in [3.8, 4) is 11.5 Å². The van der Waals surface area contributed by atoms with Crippen LogP contribution in [0.1, 0.15) is 18.4 Å². The summed E-state index contributed by atoms with van der Waals surface area (Å²) in [4.78, 5) is 0. The minimum Gasteiger partial charge on any atom is -0.497 e. The molecule has 0 unspecified atom stereocenters. The highest BCUT2D eigenvalue weighted by Crippen LogP contribution is 2.27. The first-order chi connectivity index (χ1) is 8.83. The minimum absolute atomic E-state index is 0.251. The van der Waals surface area contributed by atoms with E-state index in [-0.39, 0.29) is 6.10 Å². The molecule has 0 radical (unpaired) electrons. The van der Waals surface area contributed by atoms with Crippen molar-refractivity contribution in [3.63, 3.8) is 0 Å². The highest BCUT2D eigenvalue weighted by Gasteiger charge is 2.17. The fourth-order valence-electron chi connectivity index (χ4n) is 2.08. The van der Waals surface area contributed by atoms with Crippen molar-refractivity contribution in [2.45, 2.75) is 25.5 Å². The van der Waals surface area contributed by atoms with Gasteiger partial charge in [-0.15, -0.1) is 0 Å². The summed E-state index contributed by atoms with van der Waals surface area (Å²) in [7, 11) is 3.60. The van der Waals surface area contributed by atoms with Crippen molar-refractivity contribution < 1.29 is 14.2 Å². The monoisotopic (exact) mass is 251 g/mol. The lowest BCUT2D eigenvalue weighted by molar-refractivity contribution is 0.0251. The molecule has 1 heterocycles. The van der Waals surface area contributed by atoms with E-state index in [0.717, 1.165) is 49.7 Å². The molecule has 2 rings (SSSR count). The summed E-state index contributed by atoms with van der Waals surface area (Å²) in [5.74, 6) is 1.74. The third-order valence-corrected chi connectivity index (χ3v) is 3.10. The molecule has 18 heavy (non-hydrogen) atoms. The molecule has 1 saturated heterocycles. The number of hydrogen-bond donors (Lipinski definition) is 1. The Bertz CT molecular complexity index is 375. The second kappa shape index (κ2) is 6.61. The van der Waals surface area contributed by atoms with Gasteiger partial charge in [0.25, 0.3) is 0 Å². The fourth-order valence-corrected chi connectivity index (χ4v) is 2.08. The highest BCUT2D eigenvalue weighted by molar-refractivity contribution is 5.40. The molecule has 1 aromatic carbocycles. The van der Waals surface area contributed by atoms with E-state index < -0.39 is 0 Å². The Morgan fingerprint density at radius 3 is 2.78 bits per heavy atom. The first-order valence-corrected chi connectivity index (χ1v) is 6.39. The van der Waals surface area contributed by atoms with Gasteiger partial charge in [0.2, 0.25) is 0 Å². The average molecular weight is 251 g/mol. The molecule has 0 atom stereocenters. The Morgan fingerprint density at radius 1 is 1.33 bits per heavy atom. The van der Waals surface area contributed by atoms with Crippen LogP contribution in [-0.2, 0) is 11.3 Å². The van der Waals surface area contributed by atoms with Crippen LogP contribution in [0.5, 0.6) is 11.5 Å². The number of hydrogen-bond acceptors (Lipinski definition) is 4. The van der Waals surface area contributed by atoms with Gasteiger partial charge in [0.1, 0.15) is 17.6 Å². The maximum Gasteiger partial charge on any atom is 0.127 e. The Balaban J connectivity index is 2.11.